The first-order valence-corrected chi connectivity index (χ1v) is 9.71. The van der Waals surface area contributed by atoms with Crippen LogP contribution in [0.5, 0.6) is 0 Å². The number of benzene rings is 1. The van der Waals surface area contributed by atoms with Crippen LogP contribution in [0.3, 0.4) is 0 Å². The maximum atomic E-state index is 10.3. The minimum absolute atomic E-state index is 0. The zero-order valence-corrected chi connectivity index (χ0v) is 19.1. The Kier molecular flexibility index (Phi) is 9.17. The summed E-state index contributed by atoms with van der Waals surface area (Å²) >= 11 is 13.0. The molecule has 1 aromatic heterocycles. The fourth-order valence-electron chi connectivity index (χ4n) is 3.24. The Morgan fingerprint density at radius 3 is 2.72 bits per heavy atom. The summed E-state index contributed by atoms with van der Waals surface area (Å²) in [4.78, 5) is 2.14. The fraction of sp³-hybridized carbons (Fsp3) is 0.421. The van der Waals surface area contributed by atoms with Crippen LogP contribution in [-0.4, -0.2) is 22.7 Å². The quantitative estimate of drug-likeness (QED) is 0.471. The van der Waals surface area contributed by atoms with Crippen molar-refractivity contribution >= 4 is 40.0 Å². The van der Waals surface area contributed by atoms with Crippen LogP contribution in [0.25, 0.3) is 0 Å². The van der Waals surface area contributed by atoms with Crippen molar-refractivity contribution in [3.63, 3.8) is 0 Å². The van der Waals surface area contributed by atoms with Gasteiger partial charge >= 0.3 is 0 Å². The zero-order valence-electron chi connectivity index (χ0n) is 13.9. The van der Waals surface area contributed by atoms with Gasteiger partial charge < -0.3 is 9.84 Å². The average Bonchev–Trinajstić information content (AvgIpc) is 3.16. The van der Waals surface area contributed by atoms with Crippen LogP contribution in [0.2, 0.25) is 5.02 Å². The first-order valence-electron chi connectivity index (χ1n) is 8.11. The van der Waals surface area contributed by atoms with Crippen LogP contribution in [0.4, 0.5) is 0 Å². The van der Waals surface area contributed by atoms with Gasteiger partial charge in [-0.05, 0) is 41.3 Å². The second-order valence-corrected chi connectivity index (χ2v) is 8.13. The van der Waals surface area contributed by atoms with E-state index in [9.17, 15) is 5.11 Å². The first-order chi connectivity index (χ1) is 11.6. The third-order valence-electron chi connectivity index (χ3n) is 4.57. The second-order valence-electron chi connectivity index (χ2n) is 6.21. The minimum atomic E-state index is -0.386. The molecule has 2 nitrogen and oxygen atoms in total. The Hall–Kier alpha value is 0.324. The number of halogens is 1. The predicted molar refractivity (Wildman–Crippen MR) is 103 cm³/mol. The number of hydrogen-bond donors (Lipinski definition) is 1. The molecule has 1 unspecified atom stereocenters. The minimum Gasteiger partial charge on any atom is -0.392 e. The predicted octanol–water partition coefficient (Wildman–Crippen LogP) is 4.72. The Labute approximate surface area is 188 Å². The molecule has 1 aromatic carbocycles. The summed E-state index contributed by atoms with van der Waals surface area (Å²) in [5.41, 5.74) is 1.25. The normalized spacial score (nSPS) is 22.8. The fourth-order valence-corrected chi connectivity index (χ4v) is 4.39. The van der Waals surface area contributed by atoms with Gasteiger partial charge in [-0.3, -0.25) is 11.3 Å². The molecule has 6 heteroatoms. The van der Waals surface area contributed by atoms with Crippen LogP contribution in [0.1, 0.15) is 23.3 Å². The Balaban J connectivity index is 0.00000225. The van der Waals surface area contributed by atoms with E-state index in [2.05, 4.69) is 17.5 Å². The van der Waals surface area contributed by atoms with E-state index in [4.69, 9.17) is 28.6 Å². The third kappa shape index (κ3) is 6.17. The van der Waals surface area contributed by atoms with Gasteiger partial charge in [-0.2, -0.15) is 12.1 Å². The van der Waals surface area contributed by atoms with Crippen LogP contribution >= 0.6 is 35.2 Å². The number of aryl methyl sites for hydroxylation is 1. The summed E-state index contributed by atoms with van der Waals surface area (Å²) in [7, 11) is 0. The second kappa shape index (κ2) is 10.6. The summed E-state index contributed by atoms with van der Waals surface area (Å²) in [5.74, 6) is 0.328. The molecule has 1 heterocycles. The zero-order chi connectivity index (χ0) is 16.9. The van der Waals surface area contributed by atoms with Crippen LogP contribution < -0.4 is 0 Å². The Morgan fingerprint density at radius 2 is 2.04 bits per heavy atom. The van der Waals surface area contributed by atoms with Crippen molar-refractivity contribution in [2.24, 2.45) is 11.8 Å². The topological polar surface area (TPSA) is 29.5 Å². The molecule has 0 amide bonds. The molecule has 2 aromatic rings. The molecule has 0 aliphatic heterocycles. The molecule has 1 N–H and O–H groups in total. The molecule has 1 fully saturated rings. The number of ether oxygens (including phenoxy) is 1. The van der Waals surface area contributed by atoms with E-state index < -0.39 is 0 Å². The number of aliphatic hydroxyl groups is 1. The van der Waals surface area contributed by atoms with E-state index in [-0.39, 0.29) is 50.6 Å². The Morgan fingerprint density at radius 1 is 1.28 bits per heavy atom. The first kappa shape index (κ1) is 21.6. The van der Waals surface area contributed by atoms with Gasteiger partial charge in [0.15, 0.2) is 0 Å². The van der Waals surface area contributed by atoms with Crippen LogP contribution in [-0.2, 0) is 50.5 Å². The molecule has 0 saturated heterocycles. The smallest absolute Gasteiger partial charge is 0.0641 e. The van der Waals surface area contributed by atoms with E-state index in [1.807, 2.05) is 24.3 Å². The van der Waals surface area contributed by atoms with Gasteiger partial charge in [0, 0.05) is 56.7 Å². The number of thiophene rings is 1. The molecule has 3 rings (SSSR count). The number of aliphatic hydroxyl groups excluding tert-OH is 1. The van der Waals surface area contributed by atoms with Crippen molar-refractivity contribution in [2.75, 3.05) is 6.61 Å². The van der Waals surface area contributed by atoms with Gasteiger partial charge in [0.1, 0.15) is 0 Å². The maximum absolute atomic E-state index is 10.3. The van der Waals surface area contributed by atoms with Gasteiger partial charge in [0.25, 0.3) is 0 Å². The van der Waals surface area contributed by atoms with Crippen molar-refractivity contribution in [3.05, 3.63) is 57.2 Å². The maximum Gasteiger partial charge on any atom is 0.0641 e. The van der Waals surface area contributed by atoms with Gasteiger partial charge in [0.05, 0.1) is 12.7 Å². The Bertz CT molecular complexity index is 661. The molecule has 131 valence electrons. The molecule has 0 bridgehead atoms. The summed E-state index contributed by atoms with van der Waals surface area (Å²) in [6.07, 6.45) is 2.10. The molecule has 1 aliphatic carbocycles. The van der Waals surface area contributed by atoms with E-state index in [1.165, 1.54) is 5.56 Å². The van der Waals surface area contributed by atoms with Crippen molar-refractivity contribution < 1.29 is 42.6 Å². The van der Waals surface area contributed by atoms with Gasteiger partial charge in [-0.15, -0.1) is 10.3 Å². The number of thiocarbonyl (C=S) groups is 1. The van der Waals surface area contributed by atoms with Crippen molar-refractivity contribution in [1.82, 2.24) is 0 Å². The van der Waals surface area contributed by atoms with E-state index >= 15 is 0 Å². The van der Waals surface area contributed by atoms with Crippen molar-refractivity contribution in [1.29, 1.82) is 0 Å². The van der Waals surface area contributed by atoms with Gasteiger partial charge in [-0.25, -0.2) is 0 Å². The summed E-state index contributed by atoms with van der Waals surface area (Å²) in [6.45, 7) is 1.12. The molecule has 1 aliphatic rings. The summed E-state index contributed by atoms with van der Waals surface area (Å²) in [6, 6.07) is 11.8. The SMILES string of the molecule is OC1CC(=S)[C@H](CCc2ccc(Cl)cc2)[C@H]1COCc1cc[c-]s1.[Y]. The average molecular weight is 469 g/mol. The molecule has 3 atom stereocenters. The molecule has 0 spiro atoms. The molecular formula is C19H20ClO2S2Y-. The number of rotatable bonds is 7. The van der Waals surface area contributed by atoms with E-state index in [0.717, 1.165) is 27.6 Å². The molecule has 1 saturated carbocycles. The summed E-state index contributed by atoms with van der Waals surface area (Å²) in [5, 5.41) is 14.1. The van der Waals surface area contributed by atoms with Crippen molar-refractivity contribution in [3.8, 4) is 0 Å². The standard InChI is InChI=1S/C19H20ClO2S2.Y/c20-14-6-3-13(4-7-14)5-8-16-17(18(21)10-19(16)23)12-22-11-15-2-1-9-24-15;/h1-4,6-7,16-18,21H,5,8,10-12H2;/q-1;/t16-,17-,18?;/m1./s1. The monoisotopic (exact) mass is 468 g/mol. The number of hydrogen-bond acceptors (Lipinski definition) is 4. The summed E-state index contributed by atoms with van der Waals surface area (Å²) < 4.78 is 5.83. The van der Waals surface area contributed by atoms with E-state index in [0.29, 0.717) is 19.6 Å². The third-order valence-corrected chi connectivity index (χ3v) is 6.07. The van der Waals surface area contributed by atoms with Gasteiger partial charge in [0.2, 0.25) is 0 Å². The van der Waals surface area contributed by atoms with Crippen LogP contribution in [0.15, 0.2) is 36.4 Å². The van der Waals surface area contributed by atoms with Gasteiger partial charge in [-0.1, -0.05) is 36.0 Å². The van der Waals surface area contributed by atoms with Crippen LogP contribution in [0, 0.1) is 17.2 Å². The largest absolute Gasteiger partial charge is 0.392 e. The van der Waals surface area contributed by atoms with E-state index in [1.54, 1.807) is 11.3 Å². The molecule has 25 heavy (non-hydrogen) atoms. The molecular weight excluding hydrogens is 449 g/mol. The molecule has 1 radical (unpaired) electrons. The van der Waals surface area contributed by atoms with Crippen molar-refractivity contribution in [2.45, 2.75) is 32.0 Å².